The van der Waals surface area contributed by atoms with Crippen LogP contribution in [0, 0.1) is 13.8 Å². The highest BCUT2D eigenvalue weighted by molar-refractivity contribution is 7.15. The third-order valence-corrected chi connectivity index (χ3v) is 3.59. The summed E-state index contributed by atoms with van der Waals surface area (Å²) in [4.78, 5) is 5.38. The van der Waals surface area contributed by atoms with Crippen LogP contribution < -0.4 is 11.5 Å². The number of aromatic nitrogens is 1. The Morgan fingerprint density at radius 3 is 2.62 bits per heavy atom. The van der Waals surface area contributed by atoms with Gasteiger partial charge in [-0.3, -0.25) is 0 Å². The van der Waals surface area contributed by atoms with Crippen LogP contribution in [-0.4, -0.2) is 4.98 Å². The topological polar surface area (TPSA) is 64.9 Å². The summed E-state index contributed by atoms with van der Waals surface area (Å²) in [7, 11) is 0. The molecule has 0 radical (unpaired) electrons. The molecule has 1 aromatic heterocycles. The van der Waals surface area contributed by atoms with E-state index in [4.69, 9.17) is 11.5 Å². The highest BCUT2D eigenvalue weighted by Crippen LogP contribution is 2.30. The molecule has 0 aliphatic rings. The number of hydrogen-bond donors (Lipinski definition) is 2. The highest BCUT2D eigenvalue weighted by atomic mass is 32.1. The van der Waals surface area contributed by atoms with Gasteiger partial charge >= 0.3 is 0 Å². The summed E-state index contributed by atoms with van der Waals surface area (Å²) in [6.45, 7) is 4.67. The zero-order valence-electron chi connectivity index (χ0n) is 9.45. The zero-order valence-corrected chi connectivity index (χ0v) is 10.3. The van der Waals surface area contributed by atoms with E-state index in [1.165, 1.54) is 22.5 Å². The molecule has 4 N–H and O–H groups in total. The molecule has 0 saturated heterocycles. The van der Waals surface area contributed by atoms with Crippen molar-refractivity contribution in [2.45, 2.75) is 20.4 Å². The first-order valence-corrected chi connectivity index (χ1v) is 5.96. The van der Waals surface area contributed by atoms with E-state index in [9.17, 15) is 0 Å². The van der Waals surface area contributed by atoms with Crippen LogP contribution in [0.2, 0.25) is 0 Å². The van der Waals surface area contributed by atoms with Crippen molar-refractivity contribution in [3.05, 3.63) is 34.2 Å². The van der Waals surface area contributed by atoms with Crippen molar-refractivity contribution < 1.29 is 0 Å². The van der Waals surface area contributed by atoms with Crippen LogP contribution in [0.25, 0.3) is 11.3 Å². The van der Waals surface area contributed by atoms with Gasteiger partial charge in [-0.25, -0.2) is 4.98 Å². The largest absolute Gasteiger partial charge is 0.375 e. The van der Waals surface area contributed by atoms with Crippen molar-refractivity contribution >= 4 is 16.5 Å². The quantitative estimate of drug-likeness (QED) is 0.837. The molecule has 0 aliphatic carbocycles. The summed E-state index contributed by atoms with van der Waals surface area (Å²) >= 11 is 1.46. The molecule has 0 atom stereocenters. The van der Waals surface area contributed by atoms with Crippen LogP contribution >= 0.6 is 11.3 Å². The molecule has 0 fully saturated rings. The number of nitrogens with zero attached hydrogens (tertiary/aromatic N) is 1. The van der Waals surface area contributed by atoms with Gasteiger partial charge in [0, 0.05) is 17.0 Å². The Bertz CT molecular complexity index is 517. The summed E-state index contributed by atoms with van der Waals surface area (Å²) in [5.74, 6) is 0. The fraction of sp³-hybridized carbons (Fsp3) is 0.250. The number of benzene rings is 1. The van der Waals surface area contributed by atoms with E-state index in [0.717, 1.165) is 16.1 Å². The molecule has 0 aliphatic heterocycles. The molecule has 1 heterocycles. The first kappa shape index (κ1) is 11.1. The molecule has 4 heteroatoms. The van der Waals surface area contributed by atoms with Gasteiger partial charge in [-0.05, 0) is 31.0 Å². The Morgan fingerprint density at radius 2 is 2.00 bits per heavy atom. The van der Waals surface area contributed by atoms with Crippen LogP contribution in [0.5, 0.6) is 0 Å². The van der Waals surface area contributed by atoms with E-state index in [-0.39, 0.29) is 0 Å². The molecule has 0 bridgehead atoms. The second-order valence-electron chi connectivity index (χ2n) is 3.83. The Morgan fingerprint density at radius 1 is 1.25 bits per heavy atom. The van der Waals surface area contributed by atoms with Crippen LogP contribution in [0.1, 0.15) is 16.0 Å². The highest BCUT2D eigenvalue weighted by Gasteiger charge is 2.10. The minimum absolute atomic E-state index is 0.483. The fourth-order valence-electron chi connectivity index (χ4n) is 1.62. The first-order valence-electron chi connectivity index (χ1n) is 5.14. The van der Waals surface area contributed by atoms with Crippen LogP contribution in [0.3, 0.4) is 0 Å². The molecule has 0 saturated carbocycles. The molecule has 0 spiro atoms. The van der Waals surface area contributed by atoms with Crippen molar-refractivity contribution in [1.82, 2.24) is 4.98 Å². The van der Waals surface area contributed by atoms with Crippen molar-refractivity contribution in [2.24, 2.45) is 5.73 Å². The lowest BCUT2D eigenvalue weighted by molar-refractivity contribution is 1.10. The standard InChI is InChI=1S/C12H15N3S/c1-7-3-4-9(5-8(7)2)11-10(6-13)16-12(14)15-11/h3-5H,6,13H2,1-2H3,(H2,14,15). The SMILES string of the molecule is Cc1ccc(-c2nc(N)sc2CN)cc1C. The molecule has 0 unspecified atom stereocenters. The van der Waals surface area contributed by atoms with Gasteiger partial charge in [-0.1, -0.05) is 12.1 Å². The number of anilines is 1. The lowest BCUT2D eigenvalue weighted by Gasteiger charge is -2.04. The molecule has 1 aromatic carbocycles. The van der Waals surface area contributed by atoms with Gasteiger partial charge in [0.25, 0.3) is 0 Å². The lowest BCUT2D eigenvalue weighted by atomic mass is 10.0. The zero-order chi connectivity index (χ0) is 11.7. The summed E-state index contributed by atoms with van der Waals surface area (Å²) in [6, 6.07) is 6.29. The third kappa shape index (κ3) is 1.94. The van der Waals surface area contributed by atoms with Crippen molar-refractivity contribution in [3.8, 4) is 11.3 Å². The molecule has 3 nitrogen and oxygen atoms in total. The van der Waals surface area contributed by atoms with Gasteiger partial charge in [-0.15, -0.1) is 11.3 Å². The maximum absolute atomic E-state index is 5.71. The van der Waals surface area contributed by atoms with Crippen molar-refractivity contribution in [1.29, 1.82) is 0 Å². The smallest absolute Gasteiger partial charge is 0.180 e. The number of aryl methyl sites for hydroxylation is 2. The Balaban J connectivity index is 2.53. The molecule has 2 aromatic rings. The normalized spacial score (nSPS) is 10.7. The first-order chi connectivity index (χ1) is 7.61. The van der Waals surface area contributed by atoms with Gasteiger partial charge < -0.3 is 11.5 Å². The predicted octanol–water partition coefficient (Wildman–Crippen LogP) is 2.47. The van der Waals surface area contributed by atoms with Crippen molar-refractivity contribution in [2.75, 3.05) is 5.73 Å². The molecule has 84 valence electrons. The molecular formula is C12H15N3S. The van der Waals surface area contributed by atoms with E-state index in [1.807, 2.05) is 0 Å². The predicted molar refractivity (Wildman–Crippen MR) is 69.3 cm³/mol. The second-order valence-corrected chi connectivity index (χ2v) is 4.94. The van der Waals surface area contributed by atoms with Gasteiger partial charge in [-0.2, -0.15) is 0 Å². The molecule has 2 rings (SSSR count). The van der Waals surface area contributed by atoms with E-state index < -0.39 is 0 Å². The number of nitrogens with two attached hydrogens (primary N) is 2. The Hall–Kier alpha value is -1.39. The summed E-state index contributed by atoms with van der Waals surface area (Å²) in [6.07, 6.45) is 0. The summed E-state index contributed by atoms with van der Waals surface area (Å²) in [5.41, 5.74) is 15.9. The maximum Gasteiger partial charge on any atom is 0.180 e. The number of rotatable bonds is 2. The van der Waals surface area contributed by atoms with Crippen LogP contribution in [0.15, 0.2) is 18.2 Å². The Labute approximate surface area is 99.1 Å². The van der Waals surface area contributed by atoms with Gasteiger partial charge in [0.2, 0.25) is 0 Å². The summed E-state index contributed by atoms with van der Waals surface area (Å²) in [5, 5.41) is 0.577. The average Bonchev–Trinajstić information content (AvgIpc) is 2.63. The molecular weight excluding hydrogens is 218 g/mol. The van der Waals surface area contributed by atoms with Crippen LogP contribution in [-0.2, 0) is 6.54 Å². The monoisotopic (exact) mass is 233 g/mol. The van der Waals surface area contributed by atoms with E-state index in [0.29, 0.717) is 11.7 Å². The van der Waals surface area contributed by atoms with Gasteiger partial charge in [0.05, 0.1) is 5.69 Å². The second kappa shape index (κ2) is 4.23. The van der Waals surface area contributed by atoms with E-state index >= 15 is 0 Å². The van der Waals surface area contributed by atoms with Gasteiger partial charge in [0.1, 0.15) is 0 Å². The Kier molecular flexibility index (Phi) is 2.94. The fourth-order valence-corrected chi connectivity index (χ4v) is 2.36. The van der Waals surface area contributed by atoms with E-state index in [2.05, 4.69) is 37.0 Å². The van der Waals surface area contributed by atoms with Gasteiger partial charge in [0.15, 0.2) is 5.13 Å². The lowest BCUT2D eigenvalue weighted by Crippen LogP contribution is -1.96. The van der Waals surface area contributed by atoms with Crippen molar-refractivity contribution in [3.63, 3.8) is 0 Å². The van der Waals surface area contributed by atoms with E-state index in [1.54, 1.807) is 0 Å². The number of nitrogen functional groups attached to an aromatic ring is 1. The minimum Gasteiger partial charge on any atom is -0.375 e. The third-order valence-electron chi connectivity index (χ3n) is 2.68. The number of thiazole rings is 1. The minimum atomic E-state index is 0.483. The molecule has 16 heavy (non-hydrogen) atoms. The molecule has 0 amide bonds. The number of hydrogen-bond acceptors (Lipinski definition) is 4. The summed E-state index contributed by atoms with van der Waals surface area (Å²) < 4.78 is 0. The maximum atomic E-state index is 5.71. The average molecular weight is 233 g/mol. The van der Waals surface area contributed by atoms with Crippen LogP contribution in [0.4, 0.5) is 5.13 Å².